The molecule has 0 aliphatic carbocycles. The standard InChI is InChI=1S/C59H92O6Si2/c1-6-7-8-9-13-30-43-56(60)57(61)44-31-14-10-11-16-33-46-64-49-51(48-59(4,5)67(63,54-39-26-20-27-40-54)55-41-28-21-29-42-55)50-65-47-34-17-12-15-32-45-58(2,3)66(62,52-35-22-18-23-36-52)53-37-24-19-25-38-53/h18-29,35-42,51,56-57,60-63H,6-17,30-34,43-50H2,1-5H3. The Bertz CT molecular complexity index is 1750. The molecule has 0 aliphatic heterocycles. The first-order valence-electron chi connectivity index (χ1n) is 26.5. The van der Waals surface area contributed by atoms with Crippen molar-refractivity contribution in [3.63, 3.8) is 0 Å². The second-order valence-corrected chi connectivity index (χ2v) is 28.8. The first-order valence-corrected chi connectivity index (χ1v) is 30.4. The fraction of sp³-hybridized carbons (Fsp3) is 0.593. The molecular weight excluding hydrogens is 861 g/mol. The Morgan fingerprint density at radius 1 is 0.418 bits per heavy atom. The summed E-state index contributed by atoms with van der Waals surface area (Å²) in [4.78, 5) is 25.5. The minimum absolute atomic E-state index is 0.142. The number of aliphatic hydroxyl groups excluding tert-OH is 2. The summed E-state index contributed by atoms with van der Waals surface area (Å²) in [6.45, 7) is 13.9. The van der Waals surface area contributed by atoms with Crippen molar-refractivity contribution < 1.29 is 29.3 Å². The lowest BCUT2D eigenvalue weighted by molar-refractivity contribution is 0.00710. The highest BCUT2D eigenvalue weighted by molar-refractivity contribution is 6.99. The average molecular weight is 954 g/mol. The van der Waals surface area contributed by atoms with E-state index in [0.29, 0.717) is 39.3 Å². The molecule has 0 heterocycles. The molecule has 0 fully saturated rings. The van der Waals surface area contributed by atoms with Crippen LogP contribution >= 0.6 is 0 Å². The maximum atomic E-state index is 12.9. The lowest BCUT2D eigenvalue weighted by Crippen LogP contribution is -2.65. The van der Waals surface area contributed by atoms with Gasteiger partial charge in [-0.1, -0.05) is 252 Å². The third kappa shape index (κ3) is 18.1. The Hall–Kier alpha value is -2.93. The molecule has 372 valence electrons. The number of benzene rings is 4. The summed E-state index contributed by atoms with van der Waals surface area (Å²) in [5, 5.41) is 24.5. The van der Waals surface area contributed by atoms with Gasteiger partial charge in [0.2, 0.25) is 0 Å². The summed E-state index contributed by atoms with van der Waals surface area (Å²) in [5.74, 6) is 0.142. The van der Waals surface area contributed by atoms with Crippen LogP contribution in [0.1, 0.15) is 169 Å². The summed E-state index contributed by atoms with van der Waals surface area (Å²) in [6.07, 6.45) is 21.1. The first kappa shape index (κ1) is 56.7. The van der Waals surface area contributed by atoms with Gasteiger partial charge in [-0.2, -0.15) is 0 Å². The van der Waals surface area contributed by atoms with Gasteiger partial charge in [0.1, 0.15) is 0 Å². The van der Waals surface area contributed by atoms with Crippen LogP contribution in [-0.2, 0) is 9.47 Å². The monoisotopic (exact) mass is 953 g/mol. The summed E-state index contributed by atoms with van der Waals surface area (Å²) in [6, 6.07) is 41.3. The molecule has 0 spiro atoms. The molecule has 0 saturated heterocycles. The molecule has 0 amide bonds. The normalized spacial score (nSPS) is 14.0. The van der Waals surface area contributed by atoms with Crippen LogP contribution in [0.25, 0.3) is 0 Å². The molecule has 6 nitrogen and oxygen atoms in total. The van der Waals surface area contributed by atoms with Crippen LogP contribution in [0.15, 0.2) is 121 Å². The van der Waals surface area contributed by atoms with E-state index in [4.69, 9.17) is 9.47 Å². The smallest absolute Gasteiger partial charge is 0.258 e. The van der Waals surface area contributed by atoms with Gasteiger partial charge in [-0.05, 0) is 69.3 Å². The van der Waals surface area contributed by atoms with Crippen molar-refractivity contribution in [1.29, 1.82) is 0 Å². The Labute approximate surface area is 410 Å². The first-order chi connectivity index (χ1) is 32.4. The van der Waals surface area contributed by atoms with Crippen LogP contribution in [0.4, 0.5) is 0 Å². The van der Waals surface area contributed by atoms with E-state index in [-0.39, 0.29) is 11.0 Å². The lowest BCUT2D eigenvalue weighted by atomic mass is 9.97. The zero-order valence-electron chi connectivity index (χ0n) is 42.6. The predicted octanol–water partition coefficient (Wildman–Crippen LogP) is 11.6. The number of ether oxygens (including phenoxy) is 2. The van der Waals surface area contributed by atoms with Crippen LogP contribution < -0.4 is 20.7 Å². The second kappa shape index (κ2) is 30.6. The maximum Gasteiger partial charge on any atom is 0.258 e. The van der Waals surface area contributed by atoms with E-state index >= 15 is 0 Å². The van der Waals surface area contributed by atoms with Crippen LogP contribution in [-0.4, -0.2) is 75.1 Å². The van der Waals surface area contributed by atoms with Crippen molar-refractivity contribution in [1.82, 2.24) is 0 Å². The molecule has 0 aliphatic rings. The highest BCUT2D eigenvalue weighted by atomic mass is 28.4. The molecule has 0 saturated carbocycles. The fourth-order valence-electron chi connectivity index (χ4n) is 10.4. The molecule has 0 bridgehead atoms. The average Bonchev–Trinajstić information content (AvgIpc) is 3.35. The van der Waals surface area contributed by atoms with E-state index in [2.05, 4.69) is 83.1 Å². The van der Waals surface area contributed by atoms with Crippen LogP contribution in [0.5, 0.6) is 0 Å². The molecule has 3 unspecified atom stereocenters. The Morgan fingerprint density at radius 3 is 1.10 bits per heavy atom. The van der Waals surface area contributed by atoms with Gasteiger partial charge < -0.3 is 29.3 Å². The zero-order chi connectivity index (χ0) is 48.3. The van der Waals surface area contributed by atoms with Gasteiger partial charge in [-0.25, -0.2) is 0 Å². The van der Waals surface area contributed by atoms with Crippen LogP contribution in [0.3, 0.4) is 0 Å². The second-order valence-electron chi connectivity index (χ2n) is 21.0. The number of unbranched alkanes of at least 4 members (excludes halogenated alkanes) is 14. The molecular formula is C59H92O6Si2. The van der Waals surface area contributed by atoms with E-state index in [1.807, 2.05) is 72.8 Å². The van der Waals surface area contributed by atoms with Gasteiger partial charge in [-0.15, -0.1) is 0 Å². The molecule has 0 radical (unpaired) electrons. The Kier molecular flexibility index (Phi) is 25.9. The number of hydrogen-bond donors (Lipinski definition) is 4. The lowest BCUT2D eigenvalue weighted by Gasteiger charge is -2.43. The summed E-state index contributed by atoms with van der Waals surface area (Å²) < 4.78 is 12.9. The topological polar surface area (TPSA) is 99.4 Å². The SMILES string of the molecule is CCCCCCCCC(O)C(O)CCCCCCCCOCC(COCCCCCCCC(C)(C)[Si](O)(c1ccccc1)c1ccccc1)CC(C)(C)[Si](O)(c1ccccc1)c1ccccc1. The van der Waals surface area contributed by atoms with Gasteiger partial charge in [0, 0.05) is 19.1 Å². The van der Waals surface area contributed by atoms with Crippen LogP contribution in [0.2, 0.25) is 10.1 Å². The van der Waals surface area contributed by atoms with Gasteiger partial charge in [-0.3, -0.25) is 0 Å². The Balaban J connectivity index is 1.22. The van der Waals surface area contributed by atoms with Crippen molar-refractivity contribution in [2.45, 2.75) is 192 Å². The summed E-state index contributed by atoms with van der Waals surface area (Å²) in [7, 11) is -6.17. The van der Waals surface area contributed by atoms with Crippen molar-refractivity contribution in [3.8, 4) is 0 Å². The van der Waals surface area contributed by atoms with Crippen molar-refractivity contribution in [2.24, 2.45) is 5.92 Å². The van der Waals surface area contributed by atoms with Gasteiger partial charge in [0.05, 0.1) is 25.4 Å². The quantitative estimate of drug-likeness (QED) is 0.0265. The maximum absolute atomic E-state index is 12.9. The van der Waals surface area contributed by atoms with Gasteiger partial charge >= 0.3 is 0 Å². The third-order valence-corrected chi connectivity index (χ3v) is 23.7. The highest BCUT2D eigenvalue weighted by Crippen LogP contribution is 2.42. The highest BCUT2D eigenvalue weighted by Gasteiger charge is 2.51. The molecule has 4 aromatic carbocycles. The number of hydrogen-bond acceptors (Lipinski definition) is 6. The van der Waals surface area contributed by atoms with Crippen molar-refractivity contribution in [2.75, 3.05) is 26.4 Å². The fourth-order valence-corrected chi connectivity index (χ4v) is 18.0. The van der Waals surface area contributed by atoms with Gasteiger partial charge in [0.25, 0.3) is 16.6 Å². The van der Waals surface area contributed by atoms with Crippen molar-refractivity contribution in [3.05, 3.63) is 121 Å². The van der Waals surface area contributed by atoms with Gasteiger partial charge in [0.15, 0.2) is 0 Å². The minimum atomic E-state index is -3.19. The third-order valence-electron chi connectivity index (χ3n) is 14.7. The molecule has 3 atom stereocenters. The largest absolute Gasteiger partial charge is 0.424 e. The molecule has 4 N–H and O–H groups in total. The molecule has 4 rings (SSSR count). The van der Waals surface area contributed by atoms with Crippen LogP contribution in [0, 0.1) is 5.92 Å². The summed E-state index contributed by atoms with van der Waals surface area (Å²) in [5.41, 5.74) is 0. The summed E-state index contributed by atoms with van der Waals surface area (Å²) >= 11 is 0. The Morgan fingerprint density at radius 2 is 0.731 bits per heavy atom. The molecule has 67 heavy (non-hydrogen) atoms. The van der Waals surface area contributed by atoms with Crippen molar-refractivity contribution >= 4 is 37.4 Å². The molecule has 0 aromatic heterocycles. The van der Waals surface area contributed by atoms with E-state index in [1.165, 1.54) is 25.7 Å². The van der Waals surface area contributed by atoms with E-state index in [9.17, 15) is 19.8 Å². The number of aliphatic hydroxyl groups is 2. The van der Waals surface area contributed by atoms with E-state index in [0.717, 1.165) is 117 Å². The molecule has 4 aromatic rings. The van der Waals surface area contributed by atoms with E-state index < -0.39 is 33.9 Å². The number of rotatable bonds is 37. The predicted molar refractivity (Wildman–Crippen MR) is 288 cm³/mol. The zero-order valence-corrected chi connectivity index (χ0v) is 44.6. The minimum Gasteiger partial charge on any atom is -0.424 e. The van der Waals surface area contributed by atoms with E-state index in [1.54, 1.807) is 0 Å². The molecule has 8 heteroatoms.